The van der Waals surface area contributed by atoms with Crippen molar-refractivity contribution in [3.63, 3.8) is 0 Å². The number of piperidine rings is 1. The first-order valence-electron chi connectivity index (χ1n) is 8.62. The smallest absolute Gasteiger partial charge is 0.226 e. The zero-order valence-electron chi connectivity index (χ0n) is 14.3. The Kier molecular flexibility index (Phi) is 5.56. The van der Waals surface area contributed by atoms with Crippen molar-refractivity contribution < 1.29 is 4.42 Å². The standard InChI is InChI=1S/C19H22N4O.ClH/c1-2-15-12-16(8-9-20-15)23-11-10-21-18(23)17-13-24-19(22-17)14-6-4-3-5-7-14;/h3-7,10-11,13,15-16,20H,2,8-9,12H2,1H3;1H/t15-,16+;/m0./s1. The fourth-order valence-electron chi connectivity index (χ4n) is 3.44. The van der Waals surface area contributed by atoms with Crippen LogP contribution in [-0.4, -0.2) is 27.1 Å². The molecule has 2 aromatic heterocycles. The predicted molar refractivity (Wildman–Crippen MR) is 101 cm³/mol. The maximum Gasteiger partial charge on any atom is 0.226 e. The molecule has 5 nitrogen and oxygen atoms in total. The predicted octanol–water partition coefficient (Wildman–Crippen LogP) is 4.33. The van der Waals surface area contributed by atoms with Crippen molar-refractivity contribution >= 4 is 12.4 Å². The highest BCUT2D eigenvalue weighted by atomic mass is 35.5. The van der Waals surface area contributed by atoms with Crippen molar-refractivity contribution in [2.45, 2.75) is 38.3 Å². The molecule has 1 aromatic carbocycles. The lowest BCUT2D eigenvalue weighted by Gasteiger charge is -2.31. The molecule has 0 aliphatic carbocycles. The van der Waals surface area contributed by atoms with Gasteiger partial charge in [-0.25, -0.2) is 9.97 Å². The lowest BCUT2D eigenvalue weighted by Crippen LogP contribution is -2.38. The first-order valence-corrected chi connectivity index (χ1v) is 8.62. The molecule has 0 saturated carbocycles. The molecule has 0 radical (unpaired) electrons. The Hall–Kier alpha value is -2.11. The van der Waals surface area contributed by atoms with Crippen molar-refractivity contribution in [2.24, 2.45) is 0 Å². The monoisotopic (exact) mass is 358 g/mol. The van der Waals surface area contributed by atoms with Crippen molar-refractivity contribution in [1.29, 1.82) is 0 Å². The molecule has 2 atom stereocenters. The van der Waals surface area contributed by atoms with E-state index in [1.807, 2.05) is 36.5 Å². The molecule has 0 amide bonds. The number of aromatic nitrogens is 3. The van der Waals surface area contributed by atoms with Crippen molar-refractivity contribution in [3.05, 3.63) is 49.0 Å². The van der Waals surface area contributed by atoms with E-state index in [1.165, 1.54) is 0 Å². The second-order valence-corrected chi connectivity index (χ2v) is 6.30. The summed E-state index contributed by atoms with van der Waals surface area (Å²) in [6, 6.07) is 11.0. The lowest BCUT2D eigenvalue weighted by atomic mass is 9.97. The molecule has 0 unspecified atom stereocenters. The molecule has 3 aromatic rings. The number of hydrogen-bond acceptors (Lipinski definition) is 4. The van der Waals surface area contributed by atoms with Crippen molar-refractivity contribution in [2.75, 3.05) is 6.54 Å². The number of rotatable bonds is 4. The third kappa shape index (κ3) is 3.62. The van der Waals surface area contributed by atoms with Gasteiger partial charge in [0.1, 0.15) is 12.0 Å². The Morgan fingerprint density at radius 1 is 1.28 bits per heavy atom. The summed E-state index contributed by atoms with van der Waals surface area (Å²) in [7, 11) is 0. The van der Waals surface area contributed by atoms with Crippen LogP contribution in [0.1, 0.15) is 32.2 Å². The molecular weight excluding hydrogens is 336 g/mol. The first kappa shape index (κ1) is 17.7. The van der Waals surface area contributed by atoms with Crippen molar-refractivity contribution in [1.82, 2.24) is 19.9 Å². The zero-order valence-corrected chi connectivity index (χ0v) is 15.1. The molecule has 25 heavy (non-hydrogen) atoms. The van der Waals surface area contributed by atoms with Gasteiger partial charge in [0.25, 0.3) is 0 Å². The van der Waals surface area contributed by atoms with Gasteiger partial charge in [0.2, 0.25) is 5.89 Å². The van der Waals surface area contributed by atoms with Crippen LogP contribution in [-0.2, 0) is 0 Å². The molecular formula is C19H23ClN4O. The van der Waals surface area contributed by atoms with E-state index in [0.29, 0.717) is 18.0 Å². The summed E-state index contributed by atoms with van der Waals surface area (Å²) in [5.41, 5.74) is 1.78. The minimum Gasteiger partial charge on any atom is -0.444 e. The summed E-state index contributed by atoms with van der Waals surface area (Å²) in [5, 5.41) is 3.58. The van der Waals surface area contributed by atoms with Crippen LogP contribution in [0, 0.1) is 0 Å². The topological polar surface area (TPSA) is 55.9 Å². The Morgan fingerprint density at radius 2 is 2.12 bits per heavy atom. The number of halogens is 1. The minimum atomic E-state index is 0. The zero-order chi connectivity index (χ0) is 16.4. The summed E-state index contributed by atoms with van der Waals surface area (Å²) in [6.07, 6.45) is 9.03. The Labute approximate surface area is 153 Å². The molecule has 0 bridgehead atoms. The van der Waals surface area contributed by atoms with Crippen LogP contribution in [0.5, 0.6) is 0 Å². The first-order chi connectivity index (χ1) is 11.8. The maximum absolute atomic E-state index is 5.68. The van der Waals surface area contributed by atoms with Gasteiger partial charge in [-0.3, -0.25) is 0 Å². The molecule has 132 valence electrons. The molecule has 0 spiro atoms. The van der Waals surface area contributed by atoms with E-state index in [2.05, 4.69) is 33.0 Å². The summed E-state index contributed by atoms with van der Waals surface area (Å²) in [4.78, 5) is 9.19. The van der Waals surface area contributed by atoms with Crippen LogP contribution in [0.25, 0.3) is 23.0 Å². The van der Waals surface area contributed by atoms with E-state index in [9.17, 15) is 0 Å². The summed E-state index contributed by atoms with van der Waals surface area (Å²) >= 11 is 0. The fourth-order valence-corrected chi connectivity index (χ4v) is 3.44. The van der Waals surface area contributed by atoms with Crippen LogP contribution < -0.4 is 5.32 Å². The van der Waals surface area contributed by atoms with Gasteiger partial charge in [-0.05, 0) is 37.9 Å². The highest BCUT2D eigenvalue weighted by molar-refractivity contribution is 5.85. The Balaban J connectivity index is 0.00000182. The quantitative estimate of drug-likeness (QED) is 0.754. The summed E-state index contributed by atoms with van der Waals surface area (Å²) in [5.74, 6) is 1.53. The van der Waals surface area contributed by atoms with Gasteiger partial charge in [-0.1, -0.05) is 25.1 Å². The largest absolute Gasteiger partial charge is 0.444 e. The molecule has 1 aliphatic rings. The molecule has 1 saturated heterocycles. The van der Waals surface area contributed by atoms with E-state index >= 15 is 0 Å². The highest BCUT2D eigenvalue weighted by Gasteiger charge is 2.24. The number of nitrogens with zero attached hydrogens (tertiary/aromatic N) is 3. The van der Waals surface area contributed by atoms with E-state index in [0.717, 1.165) is 42.9 Å². The minimum absolute atomic E-state index is 0. The molecule has 3 heterocycles. The average Bonchev–Trinajstić information content (AvgIpc) is 3.31. The molecule has 1 fully saturated rings. The number of benzene rings is 1. The van der Waals surface area contributed by atoms with Gasteiger partial charge < -0.3 is 14.3 Å². The number of nitrogens with one attached hydrogen (secondary N) is 1. The van der Waals surface area contributed by atoms with Gasteiger partial charge in [-0.15, -0.1) is 12.4 Å². The van der Waals surface area contributed by atoms with Crippen LogP contribution in [0.2, 0.25) is 0 Å². The van der Waals surface area contributed by atoms with Crippen LogP contribution in [0.3, 0.4) is 0 Å². The second-order valence-electron chi connectivity index (χ2n) is 6.30. The van der Waals surface area contributed by atoms with Gasteiger partial charge >= 0.3 is 0 Å². The maximum atomic E-state index is 5.68. The van der Waals surface area contributed by atoms with Crippen LogP contribution in [0.15, 0.2) is 53.4 Å². The number of oxazole rings is 1. The normalized spacial score (nSPS) is 20.2. The SMILES string of the molecule is CC[C@H]1C[C@H](n2ccnc2-c2coc(-c3ccccc3)n2)CCN1.Cl. The summed E-state index contributed by atoms with van der Waals surface area (Å²) < 4.78 is 7.94. The lowest BCUT2D eigenvalue weighted by molar-refractivity contribution is 0.297. The fraction of sp³-hybridized carbons (Fsp3) is 0.368. The van der Waals surface area contributed by atoms with Gasteiger partial charge in [0.15, 0.2) is 5.82 Å². The number of hydrogen-bond donors (Lipinski definition) is 1. The van der Waals surface area contributed by atoms with Gasteiger partial charge in [-0.2, -0.15) is 0 Å². The van der Waals surface area contributed by atoms with E-state index < -0.39 is 0 Å². The second kappa shape index (κ2) is 7.85. The molecule has 4 rings (SSSR count). The van der Waals surface area contributed by atoms with E-state index in [1.54, 1.807) is 6.26 Å². The molecule has 1 N–H and O–H groups in total. The molecule has 6 heteroatoms. The van der Waals surface area contributed by atoms with Crippen molar-refractivity contribution in [3.8, 4) is 23.0 Å². The number of imidazole rings is 1. The Bertz CT molecular complexity index is 799. The van der Waals surface area contributed by atoms with E-state index in [4.69, 9.17) is 4.42 Å². The Morgan fingerprint density at radius 3 is 2.92 bits per heavy atom. The summed E-state index contributed by atoms with van der Waals surface area (Å²) in [6.45, 7) is 3.29. The van der Waals surface area contributed by atoms with Crippen LogP contribution >= 0.6 is 12.4 Å². The van der Waals surface area contributed by atoms with E-state index in [-0.39, 0.29) is 12.4 Å². The van der Waals surface area contributed by atoms with Gasteiger partial charge in [0, 0.05) is 30.0 Å². The van der Waals surface area contributed by atoms with Crippen LogP contribution in [0.4, 0.5) is 0 Å². The highest BCUT2D eigenvalue weighted by Crippen LogP contribution is 2.29. The van der Waals surface area contributed by atoms with Gasteiger partial charge in [0.05, 0.1) is 0 Å². The molecule has 1 aliphatic heterocycles. The third-order valence-corrected chi connectivity index (χ3v) is 4.78. The third-order valence-electron chi connectivity index (χ3n) is 4.78. The average molecular weight is 359 g/mol.